The number of halogens is 2. The Bertz CT molecular complexity index is 1230. The number of nitrogens with one attached hydrogen (secondary N) is 1. The molecular weight excluding hydrogens is 475 g/mol. The number of pyridine rings is 1. The first-order chi connectivity index (χ1) is 16.3. The summed E-state index contributed by atoms with van der Waals surface area (Å²) in [4.78, 5) is 21.7. The third kappa shape index (κ3) is 4.87. The lowest BCUT2D eigenvalue weighted by molar-refractivity contribution is 0.0696. The van der Waals surface area contributed by atoms with Crippen LogP contribution in [0.1, 0.15) is 29.9 Å². The highest BCUT2D eigenvalue weighted by Gasteiger charge is 2.24. The van der Waals surface area contributed by atoms with Crippen LogP contribution in [0.15, 0.2) is 30.3 Å². The van der Waals surface area contributed by atoms with Crippen LogP contribution in [0.3, 0.4) is 0 Å². The van der Waals surface area contributed by atoms with Crippen LogP contribution in [0, 0.1) is 0 Å². The van der Waals surface area contributed by atoms with Crippen LogP contribution < -0.4 is 15.0 Å². The van der Waals surface area contributed by atoms with E-state index in [1.54, 1.807) is 18.2 Å². The second kappa shape index (κ2) is 10.3. The maximum Gasteiger partial charge on any atom is 0.339 e. The first-order valence-corrected chi connectivity index (χ1v) is 12.1. The number of piperazine rings is 1. The molecule has 1 aliphatic heterocycles. The van der Waals surface area contributed by atoms with E-state index in [1.165, 1.54) is 0 Å². The van der Waals surface area contributed by atoms with Crippen molar-refractivity contribution in [2.24, 2.45) is 0 Å². The highest BCUT2D eigenvalue weighted by molar-refractivity contribution is 6.42. The molecule has 1 aliphatic rings. The van der Waals surface area contributed by atoms with Crippen molar-refractivity contribution in [3.05, 3.63) is 51.6 Å². The average molecular weight is 503 g/mol. The summed E-state index contributed by atoms with van der Waals surface area (Å²) < 4.78 is 6.00. The first-order valence-electron chi connectivity index (χ1n) is 11.3. The molecule has 2 heterocycles. The van der Waals surface area contributed by atoms with Gasteiger partial charge in [-0.1, -0.05) is 30.1 Å². The molecule has 1 aromatic heterocycles. The van der Waals surface area contributed by atoms with Crippen molar-refractivity contribution >= 4 is 57.1 Å². The molecule has 0 atom stereocenters. The monoisotopic (exact) mass is 502 g/mol. The summed E-state index contributed by atoms with van der Waals surface area (Å²) in [6.07, 6.45) is 0.470. The van der Waals surface area contributed by atoms with Gasteiger partial charge in [-0.05, 0) is 44.7 Å². The Morgan fingerprint density at radius 3 is 2.47 bits per heavy atom. The summed E-state index contributed by atoms with van der Waals surface area (Å²) in [5, 5.41) is 14.9. The number of likely N-dealkylation sites (N-methyl/N-ethyl adjacent to an activating group) is 1. The number of aromatic carboxylic acids is 1. The van der Waals surface area contributed by atoms with Crippen LogP contribution in [0.4, 0.5) is 17.1 Å². The maximum absolute atomic E-state index is 12.4. The fourth-order valence-corrected chi connectivity index (χ4v) is 4.53. The zero-order chi connectivity index (χ0) is 24.4. The van der Waals surface area contributed by atoms with Crippen molar-refractivity contribution in [2.45, 2.75) is 20.3 Å². The van der Waals surface area contributed by atoms with Gasteiger partial charge in [-0.25, -0.2) is 4.79 Å². The number of carboxylic acids is 1. The van der Waals surface area contributed by atoms with E-state index in [2.05, 4.69) is 22.2 Å². The highest BCUT2D eigenvalue weighted by Crippen LogP contribution is 2.40. The zero-order valence-corrected chi connectivity index (χ0v) is 21.0. The van der Waals surface area contributed by atoms with E-state index in [-0.39, 0.29) is 5.56 Å². The Labute approximate surface area is 209 Å². The van der Waals surface area contributed by atoms with Gasteiger partial charge in [0.25, 0.3) is 0 Å². The van der Waals surface area contributed by atoms with Crippen molar-refractivity contribution in [2.75, 3.05) is 50.1 Å². The van der Waals surface area contributed by atoms with E-state index in [0.29, 0.717) is 51.0 Å². The normalized spacial score (nSPS) is 14.4. The van der Waals surface area contributed by atoms with Crippen LogP contribution in [-0.2, 0) is 6.42 Å². The van der Waals surface area contributed by atoms with E-state index >= 15 is 0 Å². The molecule has 34 heavy (non-hydrogen) atoms. The summed E-state index contributed by atoms with van der Waals surface area (Å²) in [7, 11) is 2.11. The van der Waals surface area contributed by atoms with Gasteiger partial charge >= 0.3 is 5.97 Å². The van der Waals surface area contributed by atoms with Gasteiger partial charge < -0.3 is 25.0 Å². The number of rotatable bonds is 7. The molecular formula is C25H28Cl2N4O3. The maximum atomic E-state index is 12.4. The van der Waals surface area contributed by atoms with Crippen molar-refractivity contribution in [1.29, 1.82) is 0 Å². The SMILES string of the molecule is CCOc1cc2nc(CC)c(C(=O)O)c(Nc3ccc(Cl)c(Cl)c3)c2cc1N1CCN(C)CC1. The number of hydrogen-bond donors (Lipinski definition) is 2. The number of anilines is 3. The molecule has 0 aliphatic carbocycles. The lowest BCUT2D eigenvalue weighted by Gasteiger charge is -2.35. The standard InChI is InChI=1S/C25H28Cl2N4O3/c1-4-19-23(25(32)33)24(28-15-6-7-17(26)18(27)12-15)16-13-21(31-10-8-30(3)9-11-31)22(34-5-2)14-20(16)29-19/h6-7,12-14H,4-5,8-11H2,1-3H3,(H,28,29)(H,32,33). The van der Waals surface area contributed by atoms with E-state index in [9.17, 15) is 9.90 Å². The Morgan fingerprint density at radius 2 is 1.85 bits per heavy atom. The quantitative estimate of drug-likeness (QED) is 0.429. The molecule has 0 spiro atoms. The van der Waals surface area contributed by atoms with E-state index < -0.39 is 5.97 Å². The molecule has 0 saturated carbocycles. The third-order valence-corrected chi connectivity index (χ3v) is 6.76. The highest BCUT2D eigenvalue weighted by atomic mass is 35.5. The fourth-order valence-electron chi connectivity index (χ4n) is 4.23. The number of aromatic nitrogens is 1. The Balaban J connectivity index is 1.95. The smallest absolute Gasteiger partial charge is 0.339 e. The number of hydrogen-bond acceptors (Lipinski definition) is 6. The minimum absolute atomic E-state index is 0.148. The van der Waals surface area contributed by atoms with Gasteiger partial charge in [0.2, 0.25) is 0 Å². The lowest BCUT2D eigenvalue weighted by atomic mass is 10.0. The minimum Gasteiger partial charge on any atom is -0.492 e. The summed E-state index contributed by atoms with van der Waals surface area (Å²) >= 11 is 12.3. The van der Waals surface area contributed by atoms with Gasteiger partial charge in [0, 0.05) is 43.3 Å². The second-order valence-corrected chi connectivity index (χ2v) is 9.10. The minimum atomic E-state index is -1.04. The second-order valence-electron chi connectivity index (χ2n) is 8.28. The molecule has 1 fully saturated rings. The number of carbonyl (C=O) groups is 1. The number of ether oxygens (including phenoxy) is 1. The van der Waals surface area contributed by atoms with Gasteiger partial charge in [-0.3, -0.25) is 4.98 Å². The number of benzene rings is 2. The largest absolute Gasteiger partial charge is 0.492 e. The molecule has 7 nitrogen and oxygen atoms in total. The van der Waals surface area contributed by atoms with E-state index in [1.807, 2.05) is 26.0 Å². The van der Waals surface area contributed by atoms with Crippen molar-refractivity contribution in [3.8, 4) is 5.75 Å². The molecule has 0 radical (unpaired) electrons. The van der Waals surface area contributed by atoms with Gasteiger partial charge in [-0.15, -0.1) is 0 Å². The molecule has 180 valence electrons. The zero-order valence-electron chi connectivity index (χ0n) is 19.5. The molecule has 1 saturated heterocycles. The van der Waals surface area contributed by atoms with Crippen LogP contribution in [0.25, 0.3) is 10.9 Å². The van der Waals surface area contributed by atoms with Crippen LogP contribution in [0.2, 0.25) is 10.0 Å². The first kappa shape index (κ1) is 24.4. The molecule has 0 amide bonds. The Kier molecular flexibility index (Phi) is 7.36. The predicted octanol–water partition coefficient (Wildman–Crippen LogP) is 5.70. The average Bonchev–Trinajstić information content (AvgIpc) is 2.81. The molecule has 2 aromatic carbocycles. The topological polar surface area (TPSA) is 77.9 Å². The molecule has 4 rings (SSSR count). The number of carboxylic acid groups (broad SMARTS) is 1. The summed E-state index contributed by atoms with van der Waals surface area (Å²) in [5.41, 5.74) is 3.37. The lowest BCUT2D eigenvalue weighted by Crippen LogP contribution is -2.44. The van der Waals surface area contributed by atoms with Crippen molar-refractivity contribution < 1.29 is 14.6 Å². The molecule has 9 heteroatoms. The number of fused-ring (bicyclic) bond motifs is 1. The summed E-state index contributed by atoms with van der Waals surface area (Å²) in [5.74, 6) is -0.290. The number of aryl methyl sites for hydroxylation is 1. The van der Waals surface area contributed by atoms with Crippen LogP contribution in [0.5, 0.6) is 5.75 Å². The van der Waals surface area contributed by atoms with Gasteiger partial charge in [-0.2, -0.15) is 0 Å². The van der Waals surface area contributed by atoms with Gasteiger partial charge in [0.1, 0.15) is 11.3 Å². The predicted molar refractivity (Wildman–Crippen MR) is 139 cm³/mol. The fraction of sp³-hybridized carbons (Fsp3) is 0.360. The van der Waals surface area contributed by atoms with Gasteiger partial charge in [0.05, 0.1) is 39.2 Å². The van der Waals surface area contributed by atoms with Crippen LogP contribution >= 0.6 is 23.2 Å². The third-order valence-electron chi connectivity index (χ3n) is 6.02. The van der Waals surface area contributed by atoms with Gasteiger partial charge in [0.15, 0.2) is 0 Å². The Hall–Kier alpha value is -2.74. The van der Waals surface area contributed by atoms with Crippen molar-refractivity contribution in [1.82, 2.24) is 9.88 Å². The molecule has 0 unspecified atom stereocenters. The number of nitrogens with zero attached hydrogens (tertiary/aromatic N) is 3. The van der Waals surface area contributed by atoms with E-state index in [4.69, 9.17) is 32.9 Å². The molecule has 3 aromatic rings. The van der Waals surface area contributed by atoms with Crippen molar-refractivity contribution in [3.63, 3.8) is 0 Å². The summed E-state index contributed by atoms with van der Waals surface area (Å²) in [6.45, 7) is 7.94. The summed E-state index contributed by atoms with van der Waals surface area (Å²) in [6, 6.07) is 9.04. The van der Waals surface area contributed by atoms with Crippen LogP contribution in [-0.4, -0.2) is 60.8 Å². The molecule has 0 bridgehead atoms. The molecule has 2 N–H and O–H groups in total. The van der Waals surface area contributed by atoms with E-state index in [0.717, 1.165) is 37.6 Å². The Morgan fingerprint density at radius 1 is 1.12 bits per heavy atom.